The lowest BCUT2D eigenvalue weighted by Crippen LogP contribution is -1.99. The molecule has 0 spiro atoms. The maximum absolute atomic E-state index is 9.64. The Morgan fingerprint density at radius 2 is 2.00 bits per heavy atom. The van der Waals surface area contributed by atoms with Crippen LogP contribution in [-0.4, -0.2) is 6.41 Å². The van der Waals surface area contributed by atoms with E-state index in [1.807, 2.05) is 20.8 Å². The minimum atomic E-state index is 0.618. The fraction of sp³-hybridized carbons (Fsp3) is 0.375. The van der Waals surface area contributed by atoms with E-state index in [1.54, 1.807) is 12.3 Å². The van der Waals surface area contributed by atoms with Crippen LogP contribution >= 0.6 is 0 Å². The third-order valence-corrected chi connectivity index (χ3v) is 0.701. The van der Waals surface area contributed by atoms with Crippen LogP contribution in [0.15, 0.2) is 24.4 Å². The Kier molecular flexibility index (Phi) is 12.7. The second kappa shape index (κ2) is 10.8. The lowest BCUT2D eigenvalue weighted by atomic mass is 10.3. The Labute approximate surface area is 62.6 Å². The fourth-order valence-electron chi connectivity index (χ4n) is 0.224. The predicted octanol–water partition coefficient (Wildman–Crippen LogP) is 1.85. The monoisotopic (exact) mass is 141 g/mol. The van der Waals surface area contributed by atoms with E-state index >= 15 is 0 Å². The number of carbonyl (C=O) groups is 1. The van der Waals surface area contributed by atoms with Gasteiger partial charge in [-0.3, -0.25) is 4.79 Å². The van der Waals surface area contributed by atoms with Gasteiger partial charge in [0.1, 0.15) is 0 Å². The molecule has 0 aromatic carbocycles. The molecule has 0 rings (SSSR count). The number of amides is 1. The molecule has 0 radical (unpaired) electrons. The molecule has 0 fully saturated rings. The SMILES string of the molecule is C=C/C(C)=C\NC=O.CC. The summed E-state index contributed by atoms with van der Waals surface area (Å²) in [6.07, 6.45) is 3.86. The summed E-state index contributed by atoms with van der Waals surface area (Å²) >= 11 is 0. The van der Waals surface area contributed by atoms with Crippen LogP contribution in [0.25, 0.3) is 0 Å². The van der Waals surface area contributed by atoms with Crippen LogP contribution < -0.4 is 5.32 Å². The van der Waals surface area contributed by atoms with Gasteiger partial charge in [-0.2, -0.15) is 0 Å². The van der Waals surface area contributed by atoms with Gasteiger partial charge in [0.2, 0.25) is 6.41 Å². The maximum atomic E-state index is 9.64. The minimum Gasteiger partial charge on any atom is -0.335 e. The van der Waals surface area contributed by atoms with Gasteiger partial charge in [0, 0.05) is 6.20 Å². The average molecular weight is 141 g/mol. The molecule has 0 aromatic heterocycles. The summed E-state index contributed by atoms with van der Waals surface area (Å²) in [6.45, 7) is 9.34. The zero-order valence-corrected chi connectivity index (χ0v) is 6.85. The van der Waals surface area contributed by atoms with Crippen molar-refractivity contribution >= 4 is 6.41 Å². The predicted molar refractivity (Wildman–Crippen MR) is 44.5 cm³/mol. The summed E-state index contributed by atoms with van der Waals surface area (Å²) in [6, 6.07) is 0. The molecule has 2 nitrogen and oxygen atoms in total. The van der Waals surface area contributed by atoms with Gasteiger partial charge in [-0.05, 0) is 12.5 Å². The van der Waals surface area contributed by atoms with E-state index in [0.717, 1.165) is 5.57 Å². The Morgan fingerprint density at radius 3 is 2.30 bits per heavy atom. The van der Waals surface area contributed by atoms with Gasteiger partial charge in [0.25, 0.3) is 0 Å². The van der Waals surface area contributed by atoms with Gasteiger partial charge >= 0.3 is 0 Å². The van der Waals surface area contributed by atoms with Crippen LogP contribution in [0, 0.1) is 0 Å². The first-order valence-corrected chi connectivity index (χ1v) is 3.30. The summed E-state index contributed by atoms with van der Waals surface area (Å²) in [7, 11) is 0. The average Bonchev–Trinajstić information content (AvgIpc) is 2.04. The fourth-order valence-corrected chi connectivity index (χ4v) is 0.224. The highest BCUT2D eigenvalue weighted by Gasteiger charge is 1.73. The van der Waals surface area contributed by atoms with E-state index in [4.69, 9.17) is 0 Å². The van der Waals surface area contributed by atoms with E-state index in [2.05, 4.69) is 11.9 Å². The number of rotatable bonds is 3. The van der Waals surface area contributed by atoms with E-state index < -0.39 is 0 Å². The van der Waals surface area contributed by atoms with E-state index in [9.17, 15) is 4.79 Å². The van der Waals surface area contributed by atoms with Crippen LogP contribution in [0.1, 0.15) is 20.8 Å². The van der Waals surface area contributed by atoms with Crippen molar-refractivity contribution in [2.24, 2.45) is 0 Å². The third kappa shape index (κ3) is 10.0. The molecule has 10 heavy (non-hydrogen) atoms. The van der Waals surface area contributed by atoms with E-state index in [-0.39, 0.29) is 0 Å². The highest BCUT2D eigenvalue weighted by Crippen LogP contribution is 1.86. The number of allylic oxidation sites excluding steroid dienone is 2. The molecule has 0 aliphatic rings. The van der Waals surface area contributed by atoms with Crippen molar-refractivity contribution < 1.29 is 4.79 Å². The zero-order chi connectivity index (χ0) is 8.41. The molecule has 58 valence electrons. The van der Waals surface area contributed by atoms with Gasteiger partial charge in [-0.15, -0.1) is 0 Å². The highest BCUT2D eigenvalue weighted by molar-refractivity contribution is 5.48. The van der Waals surface area contributed by atoms with Crippen LogP contribution in [0.5, 0.6) is 0 Å². The number of hydrogen-bond acceptors (Lipinski definition) is 1. The molecule has 0 heterocycles. The van der Waals surface area contributed by atoms with Gasteiger partial charge in [0.05, 0.1) is 0 Å². The van der Waals surface area contributed by atoms with Gasteiger partial charge in [-0.25, -0.2) is 0 Å². The smallest absolute Gasteiger partial charge is 0.211 e. The molecule has 0 atom stereocenters. The van der Waals surface area contributed by atoms with Crippen molar-refractivity contribution in [3.8, 4) is 0 Å². The zero-order valence-electron chi connectivity index (χ0n) is 6.85. The standard InChI is InChI=1S/C6H9NO.C2H6/c1-3-6(2)4-7-5-8;1-2/h3-5H,1H2,2H3,(H,7,8);1-2H3/b6-4-;. The summed E-state index contributed by atoms with van der Waals surface area (Å²) in [5, 5.41) is 2.39. The van der Waals surface area contributed by atoms with Crippen LogP contribution in [0.2, 0.25) is 0 Å². The summed E-state index contributed by atoms with van der Waals surface area (Å²) < 4.78 is 0. The normalized spacial score (nSPS) is 8.90. The summed E-state index contributed by atoms with van der Waals surface area (Å²) in [5.74, 6) is 0. The Balaban J connectivity index is 0. The van der Waals surface area contributed by atoms with Gasteiger partial charge in [0.15, 0.2) is 0 Å². The largest absolute Gasteiger partial charge is 0.335 e. The molecule has 1 N–H and O–H groups in total. The topological polar surface area (TPSA) is 29.1 Å². The van der Waals surface area contributed by atoms with E-state index in [1.165, 1.54) is 0 Å². The Morgan fingerprint density at radius 1 is 1.50 bits per heavy atom. The van der Waals surface area contributed by atoms with Crippen LogP contribution in [0.3, 0.4) is 0 Å². The summed E-state index contributed by atoms with van der Waals surface area (Å²) in [5.41, 5.74) is 0.942. The first-order valence-electron chi connectivity index (χ1n) is 3.30. The molecule has 0 unspecified atom stereocenters. The molecular weight excluding hydrogens is 126 g/mol. The first-order chi connectivity index (χ1) is 4.81. The van der Waals surface area contributed by atoms with Crippen molar-refractivity contribution in [2.75, 3.05) is 0 Å². The third-order valence-electron chi connectivity index (χ3n) is 0.701. The molecule has 2 heteroatoms. The van der Waals surface area contributed by atoms with Gasteiger partial charge < -0.3 is 5.32 Å². The molecular formula is C8H15NO. The molecule has 0 aromatic rings. The quantitative estimate of drug-likeness (QED) is 0.471. The molecule has 0 aliphatic heterocycles. The number of carbonyl (C=O) groups excluding carboxylic acids is 1. The van der Waals surface area contributed by atoms with E-state index in [0.29, 0.717) is 6.41 Å². The van der Waals surface area contributed by atoms with Crippen molar-refractivity contribution in [1.82, 2.24) is 5.32 Å². The molecule has 0 saturated carbocycles. The lowest BCUT2D eigenvalue weighted by molar-refractivity contribution is -0.108. The van der Waals surface area contributed by atoms with Crippen LogP contribution in [0.4, 0.5) is 0 Å². The Bertz CT molecular complexity index is 116. The van der Waals surface area contributed by atoms with Crippen molar-refractivity contribution in [3.05, 3.63) is 24.4 Å². The second-order valence-corrected chi connectivity index (χ2v) is 1.38. The van der Waals surface area contributed by atoms with Crippen molar-refractivity contribution in [2.45, 2.75) is 20.8 Å². The lowest BCUT2D eigenvalue weighted by Gasteiger charge is -1.86. The first kappa shape index (κ1) is 11.7. The minimum absolute atomic E-state index is 0.618. The highest BCUT2D eigenvalue weighted by atomic mass is 16.1. The maximum Gasteiger partial charge on any atom is 0.211 e. The van der Waals surface area contributed by atoms with Crippen molar-refractivity contribution in [3.63, 3.8) is 0 Å². The summed E-state index contributed by atoms with van der Waals surface area (Å²) in [4.78, 5) is 9.64. The molecule has 1 amide bonds. The molecule has 0 saturated heterocycles. The van der Waals surface area contributed by atoms with Gasteiger partial charge in [-0.1, -0.05) is 26.5 Å². The number of nitrogens with one attached hydrogen (secondary N) is 1. The molecule has 0 aliphatic carbocycles. The van der Waals surface area contributed by atoms with Crippen LogP contribution in [-0.2, 0) is 4.79 Å². The Hall–Kier alpha value is -1.05. The second-order valence-electron chi connectivity index (χ2n) is 1.38. The number of hydrogen-bond donors (Lipinski definition) is 1. The van der Waals surface area contributed by atoms with Crippen molar-refractivity contribution in [1.29, 1.82) is 0 Å². The molecule has 0 bridgehead atoms.